The zero-order chi connectivity index (χ0) is 21.0. The molecule has 0 radical (unpaired) electrons. The number of fused-ring (bicyclic) bond motifs is 3. The van der Waals surface area contributed by atoms with Crippen LogP contribution in [0.3, 0.4) is 0 Å². The van der Waals surface area contributed by atoms with Gasteiger partial charge >= 0.3 is 6.01 Å². The first-order valence-corrected chi connectivity index (χ1v) is 9.07. The average Bonchev–Trinajstić information content (AvgIpc) is 3.44. The Morgan fingerprint density at radius 3 is 2.57 bits per heavy atom. The van der Waals surface area contributed by atoms with Crippen molar-refractivity contribution in [3.8, 4) is 17.4 Å². The van der Waals surface area contributed by atoms with Gasteiger partial charge in [0, 0.05) is 5.56 Å². The van der Waals surface area contributed by atoms with E-state index in [1.807, 2.05) is 0 Å². The summed E-state index contributed by atoms with van der Waals surface area (Å²) < 4.78 is 27.3. The first-order valence-electron chi connectivity index (χ1n) is 9.07. The van der Waals surface area contributed by atoms with Gasteiger partial charge in [0.1, 0.15) is 24.1 Å². The molecule has 3 N–H and O–H groups in total. The second-order valence-corrected chi connectivity index (χ2v) is 6.84. The van der Waals surface area contributed by atoms with Crippen LogP contribution in [0.1, 0.15) is 6.23 Å². The van der Waals surface area contributed by atoms with Crippen LogP contribution < -0.4 is 4.74 Å². The second kappa shape index (κ2) is 6.95. The minimum atomic E-state index is -1.30. The summed E-state index contributed by atoms with van der Waals surface area (Å²) in [6, 6.07) is 5.88. The fraction of sp³-hybridized carbons (Fsp3) is 0.333. The van der Waals surface area contributed by atoms with Gasteiger partial charge in [0.2, 0.25) is 0 Å². The Morgan fingerprint density at radius 1 is 1.13 bits per heavy atom. The van der Waals surface area contributed by atoms with E-state index in [0.29, 0.717) is 22.6 Å². The summed E-state index contributed by atoms with van der Waals surface area (Å²) in [5.41, 5.74) is 1.58. The van der Waals surface area contributed by atoms with E-state index in [9.17, 15) is 19.7 Å². The van der Waals surface area contributed by atoms with E-state index in [2.05, 4.69) is 20.2 Å². The highest BCUT2D eigenvalue weighted by atomic mass is 19.1. The van der Waals surface area contributed by atoms with E-state index >= 15 is 0 Å². The molecule has 0 bridgehead atoms. The first kappa shape index (κ1) is 18.8. The van der Waals surface area contributed by atoms with Gasteiger partial charge < -0.3 is 24.8 Å². The van der Waals surface area contributed by atoms with Crippen molar-refractivity contribution >= 4 is 16.8 Å². The molecule has 156 valence electrons. The molecule has 0 aliphatic carbocycles. The van der Waals surface area contributed by atoms with E-state index in [-0.39, 0.29) is 17.5 Å². The molecular weight excluding hydrogens is 399 g/mol. The third-order valence-corrected chi connectivity index (χ3v) is 5.11. The first-order chi connectivity index (χ1) is 14.5. The third kappa shape index (κ3) is 2.65. The molecule has 12 heteroatoms. The molecule has 3 aromatic heterocycles. The van der Waals surface area contributed by atoms with Crippen LogP contribution >= 0.6 is 0 Å². The van der Waals surface area contributed by atoms with Crippen molar-refractivity contribution in [2.24, 2.45) is 0 Å². The number of aromatic nitrogens is 6. The number of halogens is 1. The van der Waals surface area contributed by atoms with Crippen molar-refractivity contribution < 1.29 is 29.2 Å². The molecule has 4 aromatic rings. The summed E-state index contributed by atoms with van der Waals surface area (Å²) in [7, 11) is 1.43. The lowest BCUT2D eigenvalue weighted by atomic mass is 10.1. The maximum absolute atomic E-state index is 13.3. The molecule has 4 heterocycles. The van der Waals surface area contributed by atoms with Gasteiger partial charge in [-0.1, -0.05) is 0 Å². The van der Waals surface area contributed by atoms with Crippen LogP contribution in [0.25, 0.3) is 28.2 Å². The molecule has 1 saturated heterocycles. The molecular formula is C18H17FN6O5. The number of hydrogen-bond donors (Lipinski definition) is 3. The van der Waals surface area contributed by atoms with Crippen LogP contribution in [-0.4, -0.2) is 76.5 Å². The van der Waals surface area contributed by atoms with E-state index in [4.69, 9.17) is 9.47 Å². The Kier molecular flexibility index (Phi) is 4.36. The lowest BCUT2D eigenvalue weighted by Gasteiger charge is -2.16. The van der Waals surface area contributed by atoms with Gasteiger partial charge in [0.05, 0.1) is 20.0 Å². The van der Waals surface area contributed by atoms with E-state index < -0.39 is 31.1 Å². The Bertz CT molecular complexity index is 1230. The third-order valence-electron chi connectivity index (χ3n) is 5.11. The van der Waals surface area contributed by atoms with Crippen LogP contribution in [0.5, 0.6) is 6.01 Å². The number of benzene rings is 1. The lowest BCUT2D eigenvalue weighted by Crippen LogP contribution is -2.33. The van der Waals surface area contributed by atoms with Crippen molar-refractivity contribution in [3.63, 3.8) is 0 Å². The molecule has 1 aromatic carbocycles. The van der Waals surface area contributed by atoms with E-state index in [1.165, 1.54) is 30.1 Å². The molecule has 0 amide bonds. The molecule has 11 nitrogen and oxygen atoms in total. The topological polar surface area (TPSA) is 140 Å². The highest BCUT2D eigenvalue weighted by molar-refractivity contribution is 5.87. The molecule has 1 aliphatic heterocycles. The maximum Gasteiger partial charge on any atom is 0.305 e. The molecule has 0 saturated carbocycles. The minimum absolute atomic E-state index is 0.135. The van der Waals surface area contributed by atoms with Crippen molar-refractivity contribution in [2.45, 2.75) is 24.5 Å². The predicted molar refractivity (Wildman–Crippen MR) is 99.0 cm³/mol. The number of rotatable bonds is 4. The van der Waals surface area contributed by atoms with Gasteiger partial charge in [-0.3, -0.25) is 4.57 Å². The second-order valence-electron chi connectivity index (χ2n) is 6.84. The molecule has 4 atom stereocenters. The van der Waals surface area contributed by atoms with Crippen molar-refractivity contribution in [1.29, 1.82) is 0 Å². The average molecular weight is 416 g/mol. The van der Waals surface area contributed by atoms with Crippen LogP contribution in [0.2, 0.25) is 0 Å². The number of imidazole rings is 1. The SMILES string of the molecule is COc1nc2c(ncn2[C@@H]2O[C@H](CO)[C@@H](O)[C@H]2O)c2nnc(-c3ccc(F)cc3)n12. The summed E-state index contributed by atoms with van der Waals surface area (Å²) in [5.74, 6) is 0.0102. The van der Waals surface area contributed by atoms with Crippen LogP contribution in [0.15, 0.2) is 30.6 Å². The van der Waals surface area contributed by atoms with Crippen LogP contribution in [0, 0.1) is 5.82 Å². The fourth-order valence-corrected chi connectivity index (χ4v) is 3.60. The number of methoxy groups -OCH3 is 1. The largest absolute Gasteiger partial charge is 0.468 e. The van der Waals surface area contributed by atoms with Gasteiger partial charge in [-0.25, -0.2) is 13.8 Å². The summed E-state index contributed by atoms with van der Waals surface area (Å²) in [6.07, 6.45) is -3.12. The molecule has 30 heavy (non-hydrogen) atoms. The Morgan fingerprint density at radius 2 is 1.90 bits per heavy atom. The number of aliphatic hydroxyl groups is 3. The summed E-state index contributed by atoms with van der Waals surface area (Å²) >= 11 is 0. The highest BCUT2D eigenvalue weighted by Crippen LogP contribution is 2.33. The monoisotopic (exact) mass is 416 g/mol. The number of ether oxygens (including phenoxy) is 2. The summed E-state index contributed by atoms with van der Waals surface area (Å²) in [5, 5.41) is 38.1. The van der Waals surface area contributed by atoms with Gasteiger partial charge in [0.15, 0.2) is 28.9 Å². The molecule has 0 spiro atoms. The van der Waals surface area contributed by atoms with Gasteiger partial charge in [-0.2, -0.15) is 4.98 Å². The zero-order valence-electron chi connectivity index (χ0n) is 15.6. The lowest BCUT2D eigenvalue weighted by molar-refractivity contribution is -0.0511. The van der Waals surface area contributed by atoms with Gasteiger partial charge in [-0.15, -0.1) is 10.2 Å². The van der Waals surface area contributed by atoms with Crippen LogP contribution in [-0.2, 0) is 4.74 Å². The summed E-state index contributed by atoms with van der Waals surface area (Å²) in [4.78, 5) is 8.79. The summed E-state index contributed by atoms with van der Waals surface area (Å²) in [6.45, 7) is -0.451. The zero-order valence-corrected chi connectivity index (χ0v) is 15.6. The quantitative estimate of drug-likeness (QED) is 0.416. The van der Waals surface area contributed by atoms with Gasteiger partial charge in [0.25, 0.3) is 0 Å². The molecule has 1 aliphatic rings. The van der Waals surface area contributed by atoms with Gasteiger partial charge in [-0.05, 0) is 24.3 Å². The van der Waals surface area contributed by atoms with E-state index in [1.54, 1.807) is 16.5 Å². The van der Waals surface area contributed by atoms with Crippen molar-refractivity contribution in [2.75, 3.05) is 13.7 Å². The minimum Gasteiger partial charge on any atom is -0.468 e. The standard InChI is InChI=1S/C18H17FN6O5/c1-29-18-21-15-11(20-7-24(15)17-13(28)12(27)10(6-26)30-17)16-23-22-14(25(16)18)8-2-4-9(19)5-3-8/h2-5,7,10,12-13,17,26-28H,6H2,1H3/t10-,12-,13-,17-/m1/s1. The van der Waals surface area contributed by atoms with Crippen molar-refractivity contribution in [3.05, 3.63) is 36.4 Å². The highest BCUT2D eigenvalue weighted by Gasteiger charge is 2.44. The van der Waals surface area contributed by atoms with Crippen molar-refractivity contribution in [1.82, 2.24) is 29.1 Å². The van der Waals surface area contributed by atoms with Crippen LogP contribution in [0.4, 0.5) is 4.39 Å². The maximum atomic E-state index is 13.3. The number of aliphatic hydroxyl groups excluding tert-OH is 3. The fourth-order valence-electron chi connectivity index (χ4n) is 3.60. The molecule has 1 fully saturated rings. The number of hydrogen-bond acceptors (Lipinski definition) is 9. The Balaban J connectivity index is 1.68. The Hall–Kier alpha value is -3.19. The Labute approximate surface area is 168 Å². The molecule has 0 unspecified atom stereocenters. The predicted octanol–water partition coefficient (Wildman–Crippen LogP) is -0.0998. The normalized spacial score (nSPS) is 24.2. The van der Waals surface area contributed by atoms with E-state index in [0.717, 1.165) is 0 Å². The number of nitrogens with zero attached hydrogens (tertiary/aromatic N) is 6. The smallest absolute Gasteiger partial charge is 0.305 e. The molecule has 5 rings (SSSR count).